The van der Waals surface area contributed by atoms with Crippen LogP contribution in [0.15, 0.2) is 36.5 Å². The first-order valence-electron chi connectivity index (χ1n) is 8.64. The predicted molar refractivity (Wildman–Crippen MR) is 98.9 cm³/mol. The van der Waals surface area contributed by atoms with Crippen LogP contribution in [0.1, 0.15) is 23.5 Å². The largest absolute Gasteiger partial charge is 0.459 e. The molecule has 1 fully saturated rings. The fourth-order valence-corrected chi connectivity index (χ4v) is 3.70. The number of benzene rings is 1. The number of hydrogen-bond acceptors (Lipinski definition) is 6. The summed E-state index contributed by atoms with van der Waals surface area (Å²) in [6.07, 6.45) is 1.53. The molecule has 1 saturated heterocycles. The molecule has 3 rings (SSSR count). The van der Waals surface area contributed by atoms with Crippen molar-refractivity contribution in [2.45, 2.75) is 20.0 Å². The number of esters is 1. The van der Waals surface area contributed by atoms with Crippen molar-refractivity contribution in [2.24, 2.45) is 5.92 Å². The summed E-state index contributed by atoms with van der Waals surface area (Å²) in [5, 5.41) is 0.824. The summed E-state index contributed by atoms with van der Waals surface area (Å²) in [5.74, 6) is 0.291. The number of morpholine rings is 1. The lowest BCUT2D eigenvalue weighted by Gasteiger charge is -2.33. The third-order valence-corrected chi connectivity index (χ3v) is 5.00. The van der Waals surface area contributed by atoms with Gasteiger partial charge in [0.25, 0.3) is 0 Å². The number of hydrogen-bond donors (Lipinski definition) is 0. The van der Waals surface area contributed by atoms with Gasteiger partial charge in [-0.2, -0.15) is 0 Å². The van der Waals surface area contributed by atoms with Crippen LogP contribution in [-0.2, 0) is 9.47 Å². The van der Waals surface area contributed by atoms with Gasteiger partial charge in [0.15, 0.2) is 0 Å². The first kappa shape index (κ1) is 18.0. The average Bonchev–Trinajstić information content (AvgIpc) is 3.10. The molecular formula is C19H24N2O3S. The third kappa shape index (κ3) is 5.11. The highest BCUT2D eigenvalue weighted by Gasteiger charge is 2.23. The zero-order valence-electron chi connectivity index (χ0n) is 14.7. The summed E-state index contributed by atoms with van der Waals surface area (Å²) in [6.45, 7) is 8.18. The fraction of sp³-hybridized carbons (Fsp3) is 0.474. The summed E-state index contributed by atoms with van der Waals surface area (Å²) < 4.78 is 11.2. The fourth-order valence-electron chi connectivity index (χ4n) is 2.89. The Morgan fingerprint density at radius 1 is 1.40 bits per heavy atom. The molecule has 1 aromatic heterocycles. The van der Waals surface area contributed by atoms with Crippen molar-refractivity contribution < 1.29 is 14.3 Å². The van der Waals surface area contributed by atoms with Crippen LogP contribution < -0.4 is 0 Å². The molecule has 5 nitrogen and oxygen atoms in total. The van der Waals surface area contributed by atoms with Gasteiger partial charge in [-0.1, -0.05) is 44.2 Å². The minimum absolute atomic E-state index is 0.0574. The molecule has 0 spiro atoms. The Labute approximate surface area is 152 Å². The molecule has 25 heavy (non-hydrogen) atoms. The molecule has 1 unspecified atom stereocenters. The number of nitrogens with zero attached hydrogens (tertiary/aromatic N) is 2. The minimum atomic E-state index is -0.329. The maximum absolute atomic E-state index is 12.3. The number of carbonyl (C=O) groups is 1. The van der Waals surface area contributed by atoms with Gasteiger partial charge in [0.1, 0.15) is 22.6 Å². The molecule has 0 bridgehead atoms. The number of ether oxygens (including phenoxy) is 2. The molecule has 2 heterocycles. The smallest absolute Gasteiger partial charge is 0.350 e. The van der Waals surface area contributed by atoms with Gasteiger partial charge in [0, 0.05) is 25.2 Å². The van der Waals surface area contributed by atoms with E-state index in [0.717, 1.165) is 30.2 Å². The second-order valence-electron chi connectivity index (χ2n) is 6.64. The molecule has 0 saturated carbocycles. The number of carbonyl (C=O) groups excluding carboxylic acids is 1. The van der Waals surface area contributed by atoms with Crippen molar-refractivity contribution in [1.82, 2.24) is 9.88 Å². The predicted octanol–water partition coefficient (Wildman–Crippen LogP) is 3.32. The summed E-state index contributed by atoms with van der Waals surface area (Å²) >= 11 is 1.35. The van der Waals surface area contributed by atoms with Crippen LogP contribution in [0, 0.1) is 5.92 Å². The molecule has 0 amide bonds. The van der Waals surface area contributed by atoms with Crippen molar-refractivity contribution in [3.63, 3.8) is 0 Å². The Bertz CT molecular complexity index is 687. The van der Waals surface area contributed by atoms with Gasteiger partial charge < -0.3 is 9.47 Å². The summed E-state index contributed by atoms with van der Waals surface area (Å²) in [6, 6.07) is 9.83. The van der Waals surface area contributed by atoms with Gasteiger partial charge in [-0.15, -0.1) is 11.3 Å². The second kappa shape index (κ2) is 8.56. The number of thiazole rings is 1. The topological polar surface area (TPSA) is 51.7 Å². The third-order valence-electron chi connectivity index (χ3n) is 3.97. The minimum Gasteiger partial charge on any atom is -0.459 e. The van der Waals surface area contributed by atoms with Crippen LogP contribution >= 0.6 is 11.3 Å². The number of aromatic nitrogens is 1. The lowest BCUT2D eigenvalue weighted by molar-refractivity contribution is -0.0611. The van der Waals surface area contributed by atoms with Gasteiger partial charge in [0.05, 0.1) is 12.8 Å². The van der Waals surface area contributed by atoms with E-state index in [9.17, 15) is 4.79 Å². The Morgan fingerprint density at radius 2 is 2.20 bits per heavy atom. The van der Waals surface area contributed by atoms with Crippen LogP contribution in [0.3, 0.4) is 0 Å². The molecule has 134 valence electrons. The quantitative estimate of drug-likeness (QED) is 0.740. The summed E-state index contributed by atoms with van der Waals surface area (Å²) in [5.41, 5.74) is 1.01. The molecule has 1 aromatic carbocycles. The molecule has 6 heteroatoms. The highest BCUT2D eigenvalue weighted by atomic mass is 32.1. The van der Waals surface area contributed by atoms with E-state index < -0.39 is 0 Å². The highest BCUT2D eigenvalue weighted by molar-refractivity contribution is 7.16. The van der Waals surface area contributed by atoms with Crippen LogP contribution in [0.4, 0.5) is 0 Å². The molecular weight excluding hydrogens is 336 g/mol. The van der Waals surface area contributed by atoms with Crippen LogP contribution in [0.25, 0.3) is 10.6 Å². The molecule has 0 aliphatic carbocycles. The van der Waals surface area contributed by atoms with E-state index in [1.807, 2.05) is 30.3 Å². The molecule has 1 aliphatic heterocycles. The van der Waals surface area contributed by atoms with Crippen LogP contribution in [0.2, 0.25) is 0 Å². The van der Waals surface area contributed by atoms with Gasteiger partial charge in [-0.05, 0) is 5.92 Å². The highest BCUT2D eigenvalue weighted by Crippen LogP contribution is 2.25. The number of rotatable bonds is 6. The van der Waals surface area contributed by atoms with E-state index in [4.69, 9.17) is 9.47 Å². The van der Waals surface area contributed by atoms with Crippen LogP contribution in [-0.4, -0.2) is 54.8 Å². The monoisotopic (exact) mass is 360 g/mol. The Kier molecular flexibility index (Phi) is 6.18. The van der Waals surface area contributed by atoms with E-state index in [0.29, 0.717) is 17.4 Å². The van der Waals surface area contributed by atoms with E-state index in [1.54, 1.807) is 6.20 Å². The van der Waals surface area contributed by atoms with Crippen molar-refractivity contribution in [3.05, 3.63) is 41.4 Å². The molecule has 0 radical (unpaired) electrons. The second-order valence-corrected chi connectivity index (χ2v) is 7.67. The maximum atomic E-state index is 12.3. The van der Waals surface area contributed by atoms with Gasteiger partial charge in [-0.25, -0.2) is 9.78 Å². The molecule has 2 aromatic rings. The summed E-state index contributed by atoms with van der Waals surface area (Å²) in [7, 11) is 0. The normalized spacial score (nSPS) is 18.4. The van der Waals surface area contributed by atoms with Gasteiger partial charge in [0.2, 0.25) is 0 Å². The van der Waals surface area contributed by atoms with Crippen molar-refractivity contribution in [1.29, 1.82) is 0 Å². The van der Waals surface area contributed by atoms with E-state index >= 15 is 0 Å². The van der Waals surface area contributed by atoms with Crippen molar-refractivity contribution >= 4 is 17.3 Å². The summed E-state index contributed by atoms with van der Waals surface area (Å²) in [4.78, 5) is 19.5. The molecule has 0 N–H and O–H groups in total. The molecule has 1 atom stereocenters. The zero-order chi connectivity index (χ0) is 17.6. The van der Waals surface area contributed by atoms with Crippen molar-refractivity contribution in [2.75, 3.05) is 32.8 Å². The van der Waals surface area contributed by atoms with Crippen LogP contribution in [0.5, 0.6) is 0 Å². The average molecular weight is 360 g/mol. The molecule has 1 aliphatic rings. The Hall–Kier alpha value is -1.76. The zero-order valence-corrected chi connectivity index (χ0v) is 15.5. The SMILES string of the molecule is CC(C)CN1CCOC(COC(=O)c2cnc(-c3ccccc3)s2)C1. The van der Waals surface area contributed by atoms with E-state index in [1.165, 1.54) is 11.3 Å². The first-order valence-corrected chi connectivity index (χ1v) is 9.46. The first-order chi connectivity index (χ1) is 12.1. The van der Waals surface area contributed by atoms with Crippen molar-refractivity contribution in [3.8, 4) is 10.6 Å². The van der Waals surface area contributed by atoms with Gasteiger partial charge >= 0.3 is 5.97 Å². The lowest BCUT2D eigenvalue weighted by Crippen LogP contribution is -2.45. The lowest BCUT2D eigenvalue weighted by atomic mass is 10.2. The Morgan fingerprint density at radius 3 is 2.96 bits per heavy atom. The van der Waals surface area contributed by atoms with Gasteiger partial charge in [-0.3, -0.25) is 4.90 Å². The Balaban J connectivity index is 1.52. The van der Waals surface area contributed by atoms with E-state index in [2.05, 4.69) is 23.7 Å². The standard InChI is InChI=1S/C19H24N2O3S/c1-14(2)11-21-8-9-23-16(12-21)13-24-19(22)17-10-20-18(25-17)15-6-4-3-5-7-15/h3-7,10,14,16H,8-9,11-13H2,1-2H3. The van der Waals surface area contributed by atoms with E-state index in [-0.39, 0.29) is 18.7 Å². The maximum Gasteiger partial charge on any atom is 0.350 e.